The van der Waals surface area contributed by atoms with Crippen molar-refractivity contribution in [1.29, 1.82) is 0 Å². The van der Waals surface area contributed by atoms with Crippen LogP contribution in [0.2, 0.25) is 0 Å². The average Bonchev–Trinajstić information content (AvgIpc) is 3.48. The molecule has 178 valence electrons. The molecule has 4 aromatic rings. The number of aryl methyl sites for hydroxylation is 3. The van der Waals surface area contributed by atoms with Crippen molar-refractivity contribution in [3.63, 3.8) is 0 Å². The quantitative estimate of drug-likeness (QED) is 0.396. The van der Waals surface area contributed by atoms with Gasteiger partial charge in [0, 0.05) is 38.0 Å². The van der Waals surface area contributed by atoms with Crippen molar-refractivity contribution in [2.45, 2.75) is 45.6 Å². The topological polar surface area (TPSA) is 104 Å². The van der Waals surface area contributed by atoms with E-state index in [-0.39, 0.29) is 12.3 Å². The highest BCUT2D eigenvalue weighted by Crippen LogP contribution is 2.25. The molecule has 0 aliphatic rings. The molecule has 9 nitrogen and oxygen atoms in total. The molecule has 1 N–H and O–H groups in total. The molecule has 0 radical (unpaired) electrons. The van der Waals surface area contributed by atoms with Crippen LogP contribution in [-0.2, 0) is 31.9 Å². The third kappa shape index (κ3) is 4.86. The summed E-state index contributed by atoms with van der Waals surface area (Å²) in [4.78, 5) is 45.7. The third-order valence-electron chi connectivity index (χ3n) is 5.84. The van der Waals surface area contributed by atoms with E-state index in [9.17, 15) is 14.4 Å². The molecular weight excluding hydrogens is 452 g/mol. The number of carbonyl (C=O) groups is 1. The van der Waals surface area contributed by atoms with Crippen molar-refractivity contribution in [1.82, 2.24) is 23.7 Å². The number of aromatic nitrogens is 5. The van der Waals surface area contributed by atoms with Crippen LogP contribution in [0.5, 0.6) is 0 Å². The molecule has 34 heavy (non-hydrogen) atoms. The van der Waals surface area contributed by atoms with Gasteiger partial charge < -0.3 is 9.88 Å². The van der Waals surface area contributed by atoms with Gasteiger partial charge in [-0.3, -0.25) is 18.7 Å². The lowest BCUT2D eigenvalue weighted by molar-refractivity contribution is -0.116. The highest BCUT2D eigenvalue weighted by molar-refractivity contribution is 7.14. The largest absolute Gasteiger partial charge is 0.332 e. The normalized spacial score (nSPS) is 11.3. The van der Waals surface area contributed by atoms with Crippen molar-refractivity contribution in [2.24, 2.45) is 14.1 Å². The van der Waals surface area contributed by atoms with Crippen LogP contribution in [0.1, 0.15) is 38.2 Å². The highest BCUT2D eigenvalue weighted by atomic mass is 32.1. The first-order chi connectivity index (χ1) is 16.4. The van der Waals surface area contributed by atoms with Crippen LogP contribution in [0.4, 0.5) is 5.13 Å². The van der Waals surface area contributed by atoms with Gasteiger partial charge in [-0.2, -0.15) is 0 Å². The molecule has 1 amide bonds. The predicted molar refractivity (Wildman–Crippen MR) is 134 cm³/mol. The number of nitrogens with one attached hydrogen (secondary N) is 1. The first kappa shape index (κ1) is 23.6. The van der Waals surface area contributed by atoms with Crippen LogP contribution in [0, 0.1) is 0 Å². The molecule has 0 bridgehead atoms. The van der Waals surface area contributed by atoms with Crippen molar-refractivity contribution in [3.8, 4) is 11.3 Å². The molecule has 0 fully saturated rings. The number of imidazole rings is 1. The van der Waals surface area contributed by atoms with Crippen LogP contribution in [-0.4, -0.2) is 29.6 Å². The number of fused-ring (bicyclic) bond motifs is 1. The zero-order valence-electron chi connectivity index (χ0n) is 19.6. The summed E-state index contributed by atoms with van der Waals surface area (Å²) in [5, 5.41) is 5.36. The fourth-order valence-electron chi connectivity index (χ4n) is 3.85. The standard InChI is InChI=1S/C24H28N6O3S/c1-4-5-7-16-9-11-17(12-10-16)18-14-34-23(26-18)27-19(31)8-6-13-30-15-25-21-20(30)22(32)29(3)24(33)28(21)2/h9-12,14-15H,4-8,13H2,1-3H3,(H,26,27,31). The Balaban J connectivity index is 1.34. The lowest BCUT2D eigenvalue weighted by Gasteiger charge is -2.06. The zero-order chi connectivity index (χ0) is 24.2. The van der Waals surface area contributed by atoms with E-state index < -0.39 is 11.2 Å². The Morgan fingerprint density at radius 3 is 2.59 bits per heavy atom. The van der Waals surface area contributed by atoms with E-state index in [0.717, 1.165) is 22.2 Å². The van der Waals surface area contributed by atoms with E-state index in [2.05, 4.69) is 46.5 Å². The Kier molecular flexibility index (Phi) is 7.06. The summed E-state index contributed by atoms with van der Waals surface area (Å²) >= 11 is 1.40. The lowest BCUT2D eigenvalue weighted by atomic mass is 10.1. The molecule has 1 aromatic carbocycles. The van der Waals surface area contributed by atoms with E-state index in [0.29, 0.717) is 29.3 Å². The molecule has 4 rings (SSSR count). The highest BCUT2D eigenvalue weighted by Gasteiger charge is 2.14. The first-order valence-corrected chi connectivity index (χ1v) is 12.2. The minimum atomic E-state index is -0.419. The molecule has 10 heteroatoms. The number of benzene rings is 1. The van der Waals surface area contributed by atoms with Crippen LogP contribution < -0.4 is 16.6 Å². The molecule has 0 aliphatic carbocycles. The van der Waals surface area contributed by atoms with Crippen molar-refractivity contribution >= 4 is 33.5 Å². The number of hydrogen-bond donors (Lipinski definition) is 1. The Labute approximate surface area is 200 Å². The van der Waals surface area contributed by atoms with E-state index in [1.807, 2.05) is 5.38 Å². The molecule has 0 aliphatic heterocycles. The molecule has 0 spiro atoms. The van der Waals surface area contributed by atoms with Gasteiger partial charge in [-0.15, -0.1) is 11.3 Å². The first-order valence-electron chi connectivity index (χ1n) is 11.3. The second-order valence-electron chi connectivity index (χ2n) is 8.31. The van der Waals surface area contributed by atoms with Gasteiger partial charge >= 0.3 is 5.69 Å². The Hall–Kier alpha value is -3.53. The molecule has 3 aromatic heterocycles. The SMILES string of the molecule is CCCCc1ccc(-c2csc(NC(=O)CCCn3cnc4c3c(=O)n(C)c(=O)n4C)n2)cc1. The summed E-state index contributed by atoms with van der Waals surface area (Å²) in [5.74, 6) is -0.138. The Morgan fingerprint density at radius 1 is 1.09 bits per heavy atom. The van der Waals surface area contributed by atoms with Gasteiger partial charge in [0.25, 0.3) is 5.56 Å². The van der Waals surface area contributed by atoms with Gasteiger partial charge in [0.15, 0.2) is 16.3 Å². The van der Waals surface area contributed by atoms with Gasteiger partial charge in [0.1, 0.15) is 0 Å². The monoisotopic (exact) mass is 480 g/mol. The summed E-state index contributed by atoms with van der Waals surface area (Å²) in [6.07, 6.45) is 5.75. The van der Waals surface area contributed by atoms with Crippen LogP contribution >= 0.6 is 11.3 Å². The number of carbonyl (C=O) groups excluding carboxylic acids is 1. The van der Waals surface area contributed by atoms with Gasteiger partial charge in [-0.1, -0.05) is 37.6 Å². The van der Waals surface area contributed by atoms with Crippen molar-refractivity contribution in [3.05, 3.63) is 62.4 Å². The molecular formula is C24H28N6O3S. The molecule has 0 saturated carbocycles. The second kappa shape index (κ2) is 10.2. The van der Waals surface area contributed by atoms with E-state index >= 15 is 0 Å². The lowest BCUT2D eigenvalue weighted by Crippen LogP contribution is -2.37. The molecule has 3 heterocycles. The van der Waals surface area contributed by atoms with Gasteiger partial charge in [-0.25, -0.2) is 14.8 Å². The maximum Gasteiger partial charge on any atom is 0.332 e. The van der Waals surface area contributed by atoms with E-state index in [4.69, 9.17) is 0 Å². The van der Waals surface area contributed by atoms with Crippen molar-refractivity contribution in [2.75, 3.05) is 5.32 Å². The average molecular weight is 481 g/mol. The van der Waals surface area contributed by atoms with E-state index in [1.165, 1.54) is 47.7 Å². The smallest absolute Gasteiger partial charge is 0.325 e. The number of amides is 1. The number of thiazole rings is 1. The van der Waals surface area contributed by atoms with E-state index in [1.54, 1.807) is 11.6 Å². The fourth-order valence-corrected chi connectivity index (χ4v) is 4.58. The number of nitrogens with zero attached hydrogens (tertiary/aromatic N) is 5. The summed E-state index contributed by atoms with van der Waals surface area (Å²) in [7, 11) is 3.02. The number of hydrogen-bond acceptors (Lipinski definition) is 6. The maximum absolute atomic E-state index is 12.5. The molecule has 0 unspecified atom stereocenters. The summed E-state index contributed by atoms with van der Waals surface area (Å²) in [5.41, 5.74) is 3.07. The number of rotatable bonds is 9. The van der Waals surface area contributed by atoms with Gasteiger partial charge in [0.2, 0.25) is 5.91 Å². The Bertz CT molecular complexity index is 1430. The number of anilines is 1. The van der Waals surface area contributed by atoms with Gasteiger partial charge in [0.05, 0.1) is 12.0 Å². The predicted octanol–water partition coefficient (Wildman–Crippen LogP) is 3.32. The molecule has 0 saturated heterocycles. The summed E-state index contributed by atoms with van der Waals surface area (Å²) in [6, 6.07) is 8.41. The minimum absolute atomic E-state index is 0.138. The van der Waals surface area contributed by atoms with Crippen LogP contribution in [0.15, 0.2) is 45.6 Å². The Morgan fingerprint density at radius 2 is 1.85 bits per heavy atom. The second-order valence-corrected chi connectivity index (χ2v) is 9.16. The zero-order valence-corrected chi connectivity index (χ0v) is 20.4. The summed E-state index contributed by atoms with van der Waals surface area (Å²) in [6.45, 7) is 2.62. The molecule has 0 atom stereocenters. The fraction of sp³-hybridized carbons (Fsp3) is 0.375. The van der Waals surface area contributed by atoms with Gasteiger partial charge in [-0.05, 0) is 24.8 Å². The number of unbranched alkanes of at least 4 members (excludes halogenated alkanes) is 1. The maximum atomic E-state index is 12.5. The summed E-state index contributed by atoms with van der Waals surface area (Å²) < 4.78 is 4.10. The third-order valence-corrected chi connectivity index (χ3v) is 6.60. The van der Waals surface area contributed by atoms with Crippen LogP contribution in [0.3, 0.4) is 0 Å². The minimum Gasteiger partial charge on any atom is -0.325 e. The van der Waals surface area contributed by atoms with Crippen LogP contribution in [0.25, 0.3) is 22.4 Å². The van der Waals surface area contributed by atoms with Crippen molar-refractivity contribution < 1.29 is 4.79 Å².